The predicted molar refractivity (Wildman–Crippen MR) is 146 cm³/mol. The summed E-state index contributed by atoms with van der Waals surface area (Å²) in [6.07, 6.45) is 3.96. The molecule has 5 aromatic rings. The number of rotatable bonds is 10. The van der Waals surface area contributed by atoms with Gasteiger partial charge in [-0.2, -0.15) is 9.97 Å². The van der Waals surface area contributed by atoms with Gasteiger partial charge in [-0.15, -0.1) is 0 Å². The molecule has 0 amide bonds. The molecule has 0 unspecified atom stereocenters. The smallest absolute Gasteiger partial charge is 0.219 e. The summed E-state index contributed by atoms with van der Waals surface area (Å²) in [5.74, 6) is 1.63. The first-order chi connectivity index (χ1) is 17.7. The molecule has 0 spiro atoms. The molecule has 0 bridgehead atoms. The molecule has 3 aromatic carbocycles. The maximum absolute atomic E-state index is 8.15. The van der Waals surface area contributed by atoms with Gasteiger partial charge in [-0.1, -0.05) is 78.9 Å². The van der Waals surface area contributed by atoms with Crippen LogP contribution < -0.4 is 9.60 Å². The van der Waals surface area contributed by atoms with E-state index in [0.29, 0.717) is 9.60 Å². The third kappa shape index (κ3) is 5.95. The molecule has 0 saturated carbocycles. The van der Waals surface area contributed by atoms with Gasteiger partial charge in [-0.25, -0.2) is 0 Å². The van der Waals surface area contributed by atoms with Crippen LogP contribution in [-0.4, -0.2) is 17.9 Å². The third-order valence-electron chi connectivity index (χ3n) is 6.00. The van der Waals surface area contributed by atoms with E-state index in [1.807, 2.05) is 30.3 Å². The molecule has 8 heteroatoms. The van der Waals surface area contributed by atoms with Crippen molar-refractivity contribution < 1.29 is 0 Å². The molecule has 0 aliphatic heterocycles. The summed E-state index contributed by atoms with van der Waals surface area (Å²) < 4.78 is 4.24. The summed E-state index contributed by atoms with van der Waals surface area (Å²) in [7, 11) is 0. The van der Waals surface area contributed by atoms with E-state index in [1.165, 1.54) is 34.2 Å². The molecular weight excluding hydrogens is 484 g/mol. The van der Waals surface area contributed by atoms with E-state index in [9.17, 15) is 0 Å². The predicted octanol–water partition coefficient (Wildman–Crippen LogP) is 5.76. The van der Waals surface area contributed by atoms with Crippen LogP contribution in [0.15, 0.2) is 84.9 Å². The molecule has 0 atom stereocenters. The minimum absolute atomic E-state index is 0.313. The SMILES string of the molecule is N=c1nc(-c2cccc(-c3nc(=N)sn3CCCc3ccccc3)c2)n(CCCc2ccccc2)s1. The molecule has 36 heavy (non-hydrogen) atoms. The van der Waals surface area contributed by atoms with E-state index in [2.05, 4.69) is 72.5 Å². The molecule has 5 rings (SSSR count). The first-order valence-corrected chi connectivity index (χ1v) is 13.6. The highest BCUT2D eigenvalue weighted by molar-refractivity contribution is 7.03. The fourth-order valence-electron chi connectivity index (χ4n) is 4.30. The molecule has 2 heterocycles. The van der Waals surface area contributed by atoms with Crippen molar-refractivity contribution in [3.05, 3.63) is 106 Å². The molecular formula is C28H28N6S2. The fourth-order valence-corrected chi connectivity index (χ4v) is 5.88. The number of hydrogen-bond donors (Lipinski definition) is 2. The normalized spacial score (nSPS) is 11.1. The molecule has 0 fully saturated rings. The molecule has 6 nitrogen and oxygen atoms in total. The standard InChI is InChI=1S/C28H28N6S2/c29-27-31-25(33(35-27)18-8-14-21-10-3-1-4-11-21)23-16-7-17-24(20-23)26-32-28(30)36-34(26)19-9-15-22-12-5-2-6-13-22/h1-7,10-13,16-17,20,29-30H,8-9,14-15,18-19H2. The summed E-state index contributed by atoms with van der Waals surface area (Å²) >= 11 is 2.77. The minimum Gasteiger partial charge on any atom is -0.278 e. The highest BCUT2D eigenvalue weighted by Crippen LogP contribution is 2.26. The van der Waals surface area contributed by atoms with Gasteiger partial charge < -0.3 is 0 Å². The number of benzene rings is 3. The van der Waals surface area contributed by atoms with Crippen LogP contribution in [0.1, 0.15) is 24.0 Å². The van der Waals surface area contributed by atoms with Gasteiger partial charge in [0.2, 0.25) is 9.60 Å². The highest BCUT2D eigenvalue weighted by Gasteiger charge is 2.13. The quantitative estimate of drug-likeness (QED) is 0.249. The lowest BCUT2D eigenvalue weighted by Gasteiger charge is -2.10. The maximum atomic E-state index is 8.15. The van der Waals surface area contributed by atoms with Crippen molar-refractivity contribution in [2.45, 2.75) is 38.8 Å². The Morgan fingerprint density at radius 3 is 1.47 bits per heavy atom. The van der Waals surface area contributed by atoms with Gasteiger partial charge in [0.1, 0.15) is 0 Å². The minimum atomic E-state index is 0.313. The van der Waals surface area contributed by atoms with Gasteiger partial charge in [0.25, 0.3) is 0 Å². The lowest BCUT2D eigenvalue weighted by Crippen LogP contribution is -2.01. The van der Waals surface area contributed by atoms with Crippen LogP contribution in [-0.2, 0) is 25.9 Å². The van der Waals surface area contributed by atoms with Gasteiger partial charge in [-0.3, -0.25) is 18.7 Å². The van der Waals surface area contributed by atoms with Gasteiger partial charge in [0.05, 0.1) is 0 Å². The lowest BCUT2D eigenvalue weighted by molar-refractivity contribution is 0.683. The second-order valence-corrected chi connectivity index (χ2v) is 10.6. The second-order valence-electron chi connectivity index (χ2n) is 8.63. The zero-order chi connectivity index (χ0) is 24.7. The van der Waals surface area contributed by atoms with Gasteiger partial charge in [-0.05, 0) is 65.9 Å². The Labute approximate surface area is 218 Å². The number of aromatic nitrogens is 4. The number of aryl methyl sites for hydroxylation is 4. The zero-order valence-corrected chi connectivity index (χ0v) is 21.6. The molecule has 0 aliphatic carbocycles. The summed E-state index contributed by atoms with van der Waals surface area (Å²) in [6, 6.07) is 29.2. The summed E-state index contributed by atoms with van der Waals surface area (Å²) in [5.41, 5.74) is 4.59. The Kier molecular flexibility index (Phi) is 7.64. The first kappa shape index (κ1) is 24.1. The van der Waals surface area contributed by atoms with Crippen LogP contribution >= 0.6 is 23.1 Å². The van der Waals surface area contributed by atoms with Crippen molar-refractivity contribution in [1.82, 2.24) is 17.9 Å². The van der Waals surface area contributed by atoms with Crippen molar-refractivity contribution >= 4 is 23.1 Å². The molecule has 0 saturated heterocycles. The highest BCUT2D eigenvalue weighted by atomic mass is 32.1. The maximum Gasteiger partial charge on any atom is 0.219 e. The Bertz CT molecular complexity index is 1420. The fraction of sp³-hybridized carbons (Fsp3) is 0.214. The number of nitrogens with zero attached hydrogens (tertiary/aromatic N) is 4. The topological polar surface area (TPSA) is 83.3 Å². The zero-order valence-electron chi connectivity index (χ0n) is 19.9. The molecule has 2 aromatic heterocycles. The average molecular weight is 513 g/mol. The number of hydrogen-bond acceptors (Lipinski definition) is 6. The molecule has 0 aliphatic rings. The van der Waals surface area contributed by atoms with Crippen molar-refractivity contribution in [2.75, 3.05) is 0 Å². The first-order valence-electron chi connectivity index (χ1n) is 12.1. The second kappa shape index (κ2) is 11.4. The van der Waals surface area contributed by atoms with E-state index in [1.54, 1.807) is 0 Å². The van der Waals surface area contributed by atoms with Crippen LogP contribution in [0.4, 0.5) is 0 Å². The lowest BCUT2D eigenvalue weighted by atomic mass is 10.1. The van der Waals surface area contributed by atoms with Gasteiger partial charge in [0, 0.05) is 24.2 Å². The molecule has 0 radical (unpaired) electrons. The summed E-state index contributed by atoms with van der Waals surface area (Å²) in [4.78, 5) is 9.70. The van der Waals surface area contributed by atoms with Gasteiger partial charge in [0.15, 0.2) is 11.6 Å². The van der Waals surface area contributed by atoms with E-state index in [0.717, 1.165) is 61.5 Å². The van der Waals surface area contributed by atoms with Gasteiger partial charge >= 0.3 is 0 Å². The van der Waals surface area contributed by atoms with E-state index >= 15 is 0 Å². The Morgan fingerprint density at radius 1 is 0.583 bits per heavy atom. The average Bonchev–Trinajstić information content (AvgIpc) is 3.47. The van der Waals surface area contributed by atoms with E-state index in [-0.39, 0.29) is 0 Å². The van der Waals surface area contributed by atoms with Crippen molar-refractivity contribution in [3.63, 3.8) is 0 Å². The largest absolute Gasteiger partial charge is 0.278 e. The molecule has 2 N–H and O–H groups in total. The van der Waals surface area contributed by atoms with Crippen LogP contribution in [0.5, 0.6) is 0 Å². The van der Waals surface area contributed by atoms with Crippen LogP contribution in [0.3, 0.4) is 0 Å². The Hall–Kier alpha value is -3.62. The van der Waals surface area contributed by atoms with Crippen molar-refractivity contribution in [3.8, 4) is 22.8 Å². The van der Waals surface area contributed by atoms with Crippen molar-refractivity contribution in [1.29, 1.82) is 10.8 Å². The van der Waals surface area contributed by atoms with Crippen LogP contribution in [0.25, 0.3) is 22.8 Å². The molecule has 182 valence electrons. The van der Waals surface area contributed by atoms with Crippen LogP contribution in [0, 0.1) is 10.8 Å². The van der Waals surface area contributed by atoms with Crippen molar-refractivity contribution in [2.24, 2.45) is 0 Å². The van der Waals surface area contributed by atoms with Crippen LogP contribution in [0.2, 0.25) is 0 Å². The summed E-state index contributed by atoms with van der Waals surface area (Å²) in [6.45, 7) is 1.64. The summed E-state index contributed by atoms with van der Waals surface area (Å²) in [5, 5.41) is 16.3. The van der Waals surface area contributed by atoms with E-state index in [4.69, 9.17) is 10.8 Å². The third-order valence-corrected chi connectivity index (χ3v) is 7.68. The Morgan fingerprint density at radius 2 is 1.03 bits per heavy atom. The monoisotopic (exact) mass is 512 g/mol. The van der Waals surface area contributed by atoms with E-state index < -0.39 is 0 Å². The Balaban J connectivity index is 1.33. The number of nitrogens with one attached hydrogen (secondary N) is 2.